The number of hydrogen-bond donors (Lipinski definition) is 0. The van der Waals surface area contributed by atoms with Gasteiger partial charge in [0.1, 0.15) is 0 Å². The molecule has 0 saturated heterocycles. The van der Waals surface area contributed by atoms with Gasteiger partial charge in [-0.05, 0) is 24.8 Å². The van der Waals surface area contributed by atoms with Crippen molar-refractivity contribution in [2.24, 2.45) is 0 Å². The molecule has 74 valence electrons. The zero-order chi connectivity index (χ0) is 10.1. The summed E-state index contributed by atoms with van der Waals surface area (Å²) in [6.07, 6.45) is 5.46. The molecule has 2 aromatic rings. The fraction of sp³-hybridized carbons (Fsp3) is 0.231. The summed E-state index contributed by atoms with van der Waals surface area (Å²) in [5.74, 6) is 0.858. The summed E-state index contributed by atoms with van der Waals surface area (Å²) in [5.41, 5.74) is 3.67. The Hall–Kier alpha value is -1.70. The van der Waals surface area contributed by atoms with Gasteiger partial charge in [0, 0.05) is 17.5 Å². The minimum Gasteiger partial charge on any atom is -0.236 e. The van der Waals surface area contributed by atoms with Crippen molar-refractivity contribution in [3.63, 3.8) is 0 Å². The lowest BCUT2D eigenvalue weighted by molar-refractivity contribution is 0.900. The molecule has 0 spiro atoms. The van der Waals surface area contributed by atoms with E-state index in [1.54, 1.807) is 0 Å². The van der Waals surface area contributed by atoms with Crippen LogP contribution in [-0.4, -0.2) is 9.97 Å². The molecule has 1 aromatic heterocycles. The van der Waals surface area contributed by atoms with Crippen LogP contribution < -0.4 is 0 Å². The van der Waals surface area contributed by atoms with Crippen LogP contribution in [0.15, 0.2) is 36.5 Å². The van der Waals surface area contributed by atoms with Gasteiger partial charge in [-0.25, -0.2) is 9.97 Å². The molecular weight excluding hydrogens is 184 g/mol. The van der Waals surface area contributed by atoms with E-state index in [1.165, 1.54) is 17.7 Å². The molecule has 0 atom stereocenters. The molecule has 1 aliphatic carbocycles. The van der Waals surface area contributed by atoms with Crippen LogP contribution >= 0.6 is 0 Å². The average Bonchev–Trinajstić information content (AvgIpc) is 2.77. The number of benzene rings is 1. The van der Waals surface area contributed by atoms with E-state index in [2.05, 4.69) is 22.1 Å². The molecule has 0 unspecified atom stereocenters. The summed E-state index contributed by atoms with van der Waals surface area (Å²) in [6.45, 7) is 0. The van der Waals surface area contributed by atoms with Crippen LogP contribution in [0.1, 0.15) is 17.7 Å². The first-order chi connectivity index (χ1) is 7.43. The Labute approximate surface area is 89.0 Å². The van der Waals surface area contributed by atoms with Gasteiger partial charge in [-0.15, -0.1) is 0 Å². The average molecular weight is 196 g/mol. The van der Waals surface area contributed by atoms with Crippen LogP contribution in [0.4, 0.5) is 0 Å². The van der Waals surface area contributed by atoms with E-state index in [0.29, 0.717) is 0 Å². The van der Waals surface area contributed by atoms with Crippen LogP contribution in [-0.2, 0) is 12.8 Å². The van der Waals surface area contributed by atoms with Gasteiger partial charge < -0.3 is 0 Å². The zero-order valence-corrected chi connectivity index (χ0v) is 8.48. The molecule has 0 radical (unpaired) electrons. The molecule has 0 amide bonds. The predicted octanol–water partition coefficient (Wildman–Crippen LogP) is 2.63. The molecule has 1 aliphatic rings. The van der Waals surface area contributed by atoms with E-state index in [4.69, 9.17) is 0 Å². The highest BCUT2D eigenvalue weighted by atomic mass is 14.9. The van der Waals surface area contributed by atoms with E-state index < -0.39 is 0 Å². The zero-order valence-electron chi connectivity index (χ0n) is 8.48. The van der Waals surface area contributed by atoms with Crippen LogP contribution in [0, 0.1) is 0 Å². The van der Waals surface area contributed by atoms with E-state index in [0.717, 1.165) is 24.2 Å². The molecule has 15 heavy (non-hydrogen) atoms. The van der Waals surface area contributed by atoms with Gasteiger partial charge >= 0.3 is 0 Å². The number of nitrogens with zero attached hydrogens (tertiary/aromatic N) is 2. The molecule has 0 saturated carbocycles. The van der Waals surface area contributed by atoms with Gasteiger partial charge in [0.2, 0.25) is 0 Å². The normalized spacial score (nSPS) is 13.9. The Morgan fingerprint density at radius 3 is 2.73 bits per heavy atom. The van der Waals surface area contributed by atoms with Crippen molar-refractivity contribution < 1.29 is 0 Å². The van der Waals surface area contributed by atoms with Crippen molar-refractivity contribution >= 4 is 0 Å². The number of fused-ring (bicyclic) bond motifs is 1. The molecule has 3 rings (SSSR count). The quantitative estimate of drug-likeness (QED) is 0.700. The van der Waals surface area contributed by atoms with Crippen LogP contribution in [0.3, 0.4) is 0 Å². The Morgan fingerprint density at radius 2 is 1.87 bits per heavy atom. The summed E-state index contributed by atoms with van der Waals surface area (Å²) in [6, 6.07) is 10.2. The molecule has 0 fully saturated rings. The van der Waals surface area contributed by atoms with E-state index >= 15 is 0 Å². The standard InChI is InChI=1S/C13H12N2/c1-2-5-10(6-3-1)13-14-9-11-7-4-8-12(11)15-13/h1-3,5-6,9H,4,7-8H2. The van der Waals surface area contributed by atoms with Gasteiger partial charge in [-0.1, -0.05) is 30.3 Å². The van der Waals surface area contributed by atoms with Gasteiger partial charge in [0.25, 0.3) is 0 Å². The van der Waals surface area contributed by atoms with Crippen molar-refractivity contribution in [3.05, 3.63) is 47.8 Å². The van der Waals surface area contributed by atoms with E-state index in [-0.39, 0.29) is 0 Å². The lowest BCUT2D eigenvalue weighted by Crippen LogP contribution is -1.94. The molecule has 0 bridgehead atoms. The summed E-state index contributed by atoms with van der Waals surface area (Å²) in [5, 5.41) is 0. The third-order valence-electron chi connectivity index (χ3n) is 2.85. The van der Waals surface area contributed by atoms with Crippen molar-refractivity contribution in [3.8, 4) is 11.4 Å². The monoisotopic (exact) mass is 196 g/mol. The maximum Gasteiger partial charge on any atom is 0.159 e. The first-order valence-electron chi connectivity index (χ1n) is 5.34. The SMILES string of the molecule is c1ccc(-c2ncc3c(n2)CCC3)cc1. The maximum atomic E-state index is 4.61. The second-order valence-electron chi connectivity index (χ2n) is 3.89. The highest BCUT2D eigenvalue weighted by molar-refractivity contribution is 5.54. The topological polar surface area (TPSA) is 25.8 Å². The van der Waals surface area contributed by atoms with Crippen LogP contribution in [0.2, 0.25) is 0 Å². The lowest BCUT2D eigenvalue weighted by Gasteiger charge is -2.02. The van der Waals surface area contributed by atoms with Crippen molar-refractivity contribution in [2.75, 3.05) is 0 Å². The van der Waals surface area contributed by atoms with Crippen molar-refractivity contribution in [1.29, 1.82) is 0 Å². The summed E-state index contributed by atoms with van der Waals surface area (Å²) in [4.78, 5) is 9.02. The summed E-state index contributed by atoms with van der Waals surface area (Å²) < 4.78 is 0. The molecule has 2 heteroatoms. The largest absolute Gasteiger partial charge is 0.236 e. The number of aromatic nitrogens is 2. The van der Waals surface area contributed by atoms with Crippen LogP contribution in [0.5, 0.6) is 0 Å². The van der Waals surface area contributed by atoms with Crippen molar-refractivity contribution in [2.45, 2.75) is 19.3 Å². The molecule has 0 aliphatic heterocycles. The number of hydrogen-bond acceptors (Lipinski definition) is 2. The smallest absolute Gasteiger partial charge is 0.159 e. The highest BCUT2D eigenvalue weighted by Crippen LogP contribution is 2.22. The molecule has 1 aromatic carbocycles. The summed E-state index contributed by atoms with van der Waals surface area (Å²) >= 11 is 0. The second-order valence-corrected chi connectivity index (χ2v) is 3.89. The number of rotatable bonds is 1. The lowest BCUT2D eigenvalue weighted by atomic mass is 10.2. The molecule has 2 nitrogen and oxygen atoms in total. The highest BCUT2D eigenvalue weighted by Gasteiger charge is 2.13. The molecular formula is C13H12N2. The Balaban J connectivity index is 2.07. The van der Waals surface area contributed by atoms with Gasteiger partial charge in [0.15, 0.2) is 5.82 Å². The summed E-state index contributed by atoms with van der Waals surface area (Å²) in [7, 11) is 0. The van der Waals surface area contributed by atoms with E-state index in [9.17, 15) is 0 Å². The third kappa shape index (κ3) is 1.52. The second kappa shape index (κ2) is 3.46. The first kappa shape index (κ1) is 8.60. The minimum atomic E-state index is 0.858. The molecule has 1 heterocycles. The molecule has 0 N–H and O–H groups in total. The Bertz CT molecular complexity index is 477. The maximum absolute atomic E-state index is 4.61. The Kier molecular flexibility index (Phi) is 1.98. The van der Waals surface area contributed by atoms with Gasteiger partial charge in [-0.3, -0.25) is 0 Å². The minimum absolute atomic E-state index is 0.858. The van der Waals surface area contributed by atoms with Crippen LogP contribution in [0.25, 0.3) is 11.4 Å². The first-order valence-corrected chi connectivity index (χ1v) is 5.34. The van der Waals surface area contributed by atoms with Gasteiger partial charge in [0.05, 0.1) is 0 Å². The number of aryl methyl sites for hydroxylation is 2. The fourth-order valence-corrected chi connectivity index (χ4v) is 2.04. The van der Waals surface area contributed by atoms with Crippen molar-refractivity contribution in [1.82, 2.24) is 9.97 Å². The van der Waals surface area contributed by atoms with Gasteiger partial charge in [-0.2, -0.15) is 0 Å². The Morgan fingerprint density at radius 1 is 1.00 bits per heavy atom. The third-order valence-corrected chi connectivity index (χ3v) is 2.85. The van der Waals surface area contributed by atoms with E-state index in [1.807, 2.05) is 24.4 Å². The fourth-order valence-electron chi connectivity index (χ4n) is 2.04. The predicted molar refractivity (Wildman–Crippen MR) is 59.5 cm³/mol.